The Morgan fingerprint density at radius 1 is 1.44 bits per heavy atom. The van der Waals surface area contributed by atoms with E-state index in [0.717, 1.165) is 10.0 Å². The molecule has 0 saturated heterocycles. The molecule has 0 aliphatic heterocycles. The lowest BCUT2D eigenvalue weighted by Gasteiger charge is -2.18. The summed E-state index contributed by atoms with van der Waals surface area (Å²) in [7, 11) is 1.58. The van der Waals surface area contributed by atoms with Gasteiger partial charge in [-0.2, -0.15) is 4.98 Å². The average molecular weight is 312 g/mol. The summed E-state index contributed by atoms with van der Waals surface area (Å²) < 4.78 is 11.2. The van der Waals surface area contributed by atoms with Crippen molar-refractivity contribution in [2.24, 2.45) is 5.73 Å². The Balaban J connectivity index is 2.34. The minimum Gasteiger partial charge on any atom is -0.382 e. The number of aromatic nitrogens is 2. The molecule has 1 atom stereocenters. The van der Waals surface area contributed by atoms with Crippen LogP contribution in [0, 0.1) is 0 Å². The molecular weight excluding hydrogens is 298 g/mol. The van der Waals surface area contributed by atoms with Crippen LogP contribution in [0.4, 0.5) is 0 Å². The number of ether oxygens (including phenoxy) is 1. The summed E-state index contributed by atoms with van der Waals surface area (Å²) in [5.74, 6) is 0.861. The zero-order chi connectivity index (χ0) is 13.2. The third-order valence-electron chi connectivity index (χ3n) is 2.49. The predicted octanol–water partition coefficient (Wildman–Crippen LogP) is 2.32. The molecule has 1 aromatic heterocycles. The van der Waals surface area contributed by atoms with E-state index in [4.69, 9.17) is 15.0 Å². The van der Waals surface area contributed by atoms with Crippen LogP contribution in [0.2, 0.25) is 0 Å². The fraction of sp³-hybridized carbons (Fsp3) is 0.333. The van der Waals surface area contributed by atoms with Crippen LogP contribution >= 0.6 is 15.9 Å². The first-order valence-electron chi connectivity index (χ1n) is 5.41. The summed E-state index contributed by atoms with van der Waals surface area (Å²) in [6, 6.07) is 7.63. The number of rotatable bonds is 4. The number of halogens is 1. The van der Waals surface area contributed by atoms with Gasteiger partial charge in [0.25, 0.3) is 5.89 Å². The second-order valence-corrected chi connectivity index (χ2v) is 5.11. The van der Waals surface area contributed by atoms with Gasteiger partial charge in [0.1, 0.15) is 5.54 Å². The maximum absolute atomic E-state index is 6.06. The molecule has 0 spiro atoms. The molecule has 0 bridgehead atoms. The molecule has 0 amide bonds. The Bertz CT molecular complexity index is 540. The van der Waals surface area contributed by atoms with Crippen molar-refractivity contribution in [3.05, 3.63) is 34.6 Å². The highest BCUT2D eigenvalue weighted by atomic mass is 79.9. The van der Waals surface area contributed by atoms with E-state index in [1.807, 2.05) is 24.3 Å². The highest BCUT2D eigenvalue weighted by Crippen LogP contribution is 2.27. The van der Waals surface area contributed by atoms with Crippen LogP contribution in [0.15, 0.2) is 33.3 Å². The van der Waals surface area contributed by atoms with E-state index in [9.17, 15) is 0 Å². The van der Waals surface area contributed by atoms with Gasteiger partial charge < -0.3 is 15.0 Å². The van der Waals surface area contributed by atoms with E-state index in [0.29, 0.717) is 18.3 Å². The molecule has 96 valence electrons. The van der Waals surface area contributed by atoms with Gasteiger partial charge in [0.2, 0.25) is 0 Å². The summed E-state index contributed by atoms with van der Waals surface area (Å²) >= 11 is 3.44. The highest BCUT2D eigenvalue weighted by molar-refractivity contribution is 9.10. The fourth-order valence-corrected chi connectivity index (χ4v) is 2.02. The highest BCUT2D eigenvalue weighted by Gasteiger charge is 2.28. The van der Waals surface area contributed by atoms with Gasteiger partial charge in [-0.15, -0.1) is 0 Å². The SMILES string of the molecule is COCC(C)(N)c1noc(-c2ccccc2Br)n1. The van der Waals surface area contributed by atoms with E-state index in [1.54, 1.807) is 14.0 Å². The van der Waals surface area contributed by atoms with Crippen molar-refractivity contribution in [3.8, 4) is 11.5 Å². The molecule has 0 saturated carbocycles. The van der Waals surface area contributed by atoms with Crippen molar-refractivity contribution in [3.63, 3.8) is 0 Å². The van der Waals surface area contributed by atoms with Crippen molar-refractivity contribution >= 4 is 15.9 Å². The van der Waals surface area contributed by atoms with E-state index in [2.05, 4.69) is 26.1 Å². The largest absolute Gasteiger partial charge is 0.382 e. The van der Waals surface area contributed by atoms with Gasteiger partial charge in [-0.25, -0.2) is 0 Å². The van der Waals surface area contributed by atoms with E-state index in [-0.39, 0.29) is 0 Å². The summed E-state index contributed by atoms with van der Waals surface area (Å²) in [4.78, 5) is 4.32. The Hall–Kier alpha value is -1.24. The topological polar surface area (TPSA) is 74.2 Å². The quantitative estimate of drug-likeness (QED) is 0.938. The summed E-state index contributed by atoms with van der Waals surface area (Å²) in [5, 5.41) is 3.91. The third kappa shape index (κ3) is 2.60. The molecule has 0 radical (unpaired) electrons. The van der Waals surface area contributed by atoms with Crippen LogP contribution in [0.5, 0.6) is 0 Å². The van der Waals surface area contributed by atoms with Crippen molar-refractivity contribution in [1.82, 2.24) is 10.1 Å². The van der Waals surface area contributed by atoms with Crippen LogP contribution in [-0.4, -0.2) is 23.9 Å². The lowest BCUT2D eigenvalue weighted by molar-refractivity contribution is 0.135. The van der Waals surface area contributed by atoms with E-state index >= 15 is 0 Å². The first-order valence-corrected chi connectivity index (χ1v) is 6.21. The number of benzene rings is 1. The third-order valence-corrected chi connectivity index (χ3v) is 3.18. The fourth-order valence-electron chi connectivity index (χ4n) is 1.56. The van der Waals surface area contributed by atoms with Crippen LogP contribution in [0.3, 0.4) is 0 Å². The molecule has 0 fully saturated rings. The number of nitrogens with two attached hydrogens (primary N) is 1. The number of hydrogen-bond donors (Lipinski definition) is 1. The molecule has 5 nitrogen and oxygen atoms in total. The van der Waals surface area contributed by atoms with Gasteiger partial charge in [0.05, 0.1) is 12.2 Å². The standard InChI is InChI=1S/C12H14BrN3O2/c1-12(14,7-17-2)11-15-10(18-16-11)8-5-3-4-6-9(8)13/h3-6H,7,14H2,1-2H3. The maximum Gasteiger partial charge on any atom is 0.259 e. The molecule has 18 heavy (non-hydrogen) atoms. The molecule has 1 aromatic carbocycles. The van der Waals surface area contributed by atoms with Crippen LogP contribution in [-0.2, 0) is 10.3 Å². The number of hydrogen-bond acceptors (Lipinski definition) is 5. The molecule has 2 N–H and O–H groups in total. The summed E-state index contributed by atoms with van der Waals surface area (Å²) in [6.45, 7) is 2.12. The molecule has 0 aliphatic carbocycles. The second kappa shape index (κ2) is 5.17. The Labute approximate surface area is 113 Å². The zero-order valence-corrected chi connectivity index (χ0v) is 11.8. The molecule has 2 aromatic rings. The molecule has 6 heteroatoms. The lowest BCUT2D eigenvalue weighted by Crippen LogP contribution is -2.38. The van der Waals surface area contributed by atoms with Gasteiger partial charge >= 0.3 is 0 Å². The first-order chi connectivity index (χ1) is 8.54. The van der Waals surface area contributed by atoms with Crippen molar-refractivity contribution < 1.29 is 9.26 Å². The second-order valence-electron chi connectivity index (χ2n) is 4.25. The first kappa shape index (κ1) is 13.2. The van der Waals surface area contributed by atoms with E-state index in [1.165, 1.54) is 0 Å². The van der Waals surface area contributed by atoms with Crippen molar-refractivity contribution in [2.75, 3.05) is 13.7 Å². The lowest BCUT2D eigenvalue weighted by atomic mass is 10.1. The van der Waals surface area contributed by atoms with Gasteiger partial charge in [-0.1, -0.05) is 17.3 Å². The minimum atomic E-state index is -0.766. The monoisotopic (exact) mass is 311 g/mol. The van der Waals surface area contributed by atoms with Crippen LogP contribution < -0.4 is 5.73 Å². The summed E-state index contributed by atoms with van der Waals surface area (Å²) in [5.41, 5.74) is 6.13. The van der Waals surface area contributed by atoms with Gasteiger partial charge in [0.15, 0.2) is 5.82 Å². The average Bonchev–Trinajstić information content (AvgIpc) is 2.79. The Kier molecular flexibility index (Phi) is 3.79. The Morgan fingerprint density at radius 3 is 2.83 bits per heavy atom. The van der Waals surface area contributed by atoms with Gasteiger partial charge in [-0.05, 0) is 35.0 Å². The smallest absolute Gasteiger partial charge is 0.259 e. The molecular formula is C12H14BrN3O2. The summed E-state index contributed by atoms with van der Waals surface area (Å²) in [6.07, 6.45) is 0. The molecule has 0 aliphatic rings. The van der Waals surface area contributed by atoms with Crippen molar-refractivity contribution in [2.45, 2.75) is 12.5 Å². The number of methoxy groups -OCH3 is 1. The van der Waals surface area contributed by atoms with Gasteiger partial charge in [0, 0.05) is 11.6 Å². The molecule has 1 heterocycles. The number of nitrogens with zero attached hydrogens (tertiary/aromatic N) is 2. The van der Waals surface area contributed by atoms with Crippen molar-refractivity contribution in [1.29, 1.82) is 0 Å². The van der Waals surface area contributed by atoms with Crippen LogP contribution in [0.1, 0.15) is 12.7 Å². The molecule has 2 rings (SSSR count). The zero-order valence-electron chi connectivity index (χ0n) is 10.2. The van der Waals surface area contributed by atoms with Gasteiger partial charge in [-0.3, -0.25) is 0 Å². The normalized spacial score (nSPS) is 14.4. The predicted molar refractivity (Wildman–Crippen MR) is 70.8 cm³/mol. The minimum absolute atomic E-state index is 0.321. The Morgan fingerprint density at radius 2 is 2.17 bits per heavy atom. The maximum atomic E-state index is 6.06. The van der Waals surface area contributed by atoms with Crippen LogP contribution in [0.25, 0.3) is 11.5 Å². The molecule has 1 unspecified atom stereocenters. The van der Waals surface area contributed by atoms with E-state index < -0.39 is 5.54 Å².